The maximum atomic E-state index is 12.5. The highest BCUT2D eigenvalue weighted by Crippen LogP contribution is 2.43. The van der Waals surface area contributed by atoms with Gasteiger partial charge in [-0.2, -0.15) is 0 Å². The fraction of sp³-hybridized carbons (Fsp3) is 0.791. The number of aliphatic hydroxyl groups excluding tert-OH is 3. The summed E-state index contributed by atoms with van der Waals surface area (Å²) in [6.07, 6.45) is 34.6. The van der Waals surface area contributed by atoms with Gasteiger partial charge in [-0.15, -0.1) is 0 Å². The molecule has 0 saturated heterocycles. The van der Waals surface area contributed by atoms with E-state index in [1.54, 1.807) is 6.08 Å². The van der Waals surface area contributed by atoms with E-state index in [1.165, 1.54) is 70.5 Å². The topological polar surface area (TPSA) is 178 Å². The number of phosphoric ester groups is 1. The summed E-state index contributed by atoms with van der Waals surface area (Å²) in [6, 6.07) is 0. The lowest BCUT2D eigenvalue weighted by Gasteiger charge is -2.19. The van der Waals surface area contributed by atoms with Crippen LogP contribution in [0.25, 0.3) is 0 Å². The van der Waals surface area contributed by atoms with E-state index in [4.69, 9.17) is 24.3 Å². The normalized spacial score (nSPS) is 21.3. The number of aliphatic hydroxyl groups is 3. The zero-order chi connectivity index (χ0) is 40.4. The molecule has 0 bridgehead atoms. The molecule has 320 valence electrons. The van der Waals surface area contributed by atoms with Crippen molar-refractivity contribution in [3.63, 3.8) is 0 Å². The number of ether oxygens (including phenoxy) is 2. The van der Waals surface area contributed by atoms with Gasteiger partial charge >= 0.3 is 13.8 Å². The van der Waals surface area contributed by atoms with Gasteiger partial charge in [0.25, 0.3) is 0 Å². The SMILES string of the molecule is CCCCCC/C=C\CCCCCCCC/C=C/O[C@H](COC(=O)CCC/C=C/C[C@@H]1[C@@H](/C=C/[C@@H](O)CCCCC)[C@H](O)C[C@@H]1O)COP(=O)(O)OCCN. The number of hydrogen-bond donors (Lipinski definition) is 5. The molecule has 1 unspecified atom stereocenters. The minimum absolute atomic E-state index is 0.0633. The molecule has 0 aliphatic heterocycles. The van der Waals surface area contributed by atoms with Crippen LogP contribution >= 0.6 is 7.82 Å². The molecule has 0 radical (unpaired) electrons. The standard InChI is InChI=1S/C43H78NO10P/c1-3-5-7-8-9-10-11-12-13-14-15-16-17-18-21-25-32-51-38(36-54-55(49,50)53-33-31-44)35-52-43(48)28-24-20-19-23-27-39-40(42(47)34-41(39)46)30-29-37(45)26-22-6-4-2/h10-11,19,23,25,29-30,32,37-42,45-47H,3-9,12-18,20-22,24,26-28,31,33-36,44H2,1-2H3,(H,49,50)/b11-10-,23-19+,30-29+,32-25+/t37-,38+,39+,40+,41-,42+/m0/s1. The van der Waals surface area contributed by atoms with Crippen LogP contribution < -0.4 is 5.73 Å². The first-order valence-corrected chi connectivity index (χ1v) is 22.9. The Morgan fingerprint density at radius 1 is 0.782 bits per heavy atom. The van der Waals surface area contributed by atoms with E-state index >= 15 is 0 Å². The van der Waals surface area contributed by atoms with Crippen molar-refractivity contribution in [2.75, 3.05) is 26.4 Å². The van der Waals surface area contributed by atoms with Crippen molar-refractivity contribution < 1.29 is 48.1 Å². The van der Waals surface area contributed by atoms with Gasteiger partial charge in [0.15, 0.2) is 6.10 Å². The van der Waals surface area contributed by atoms with Crippen molar-refractivity contribution in [2.24, 2.45) is 17.6 Å². The van der Waals surface area contributed by atoms with Crippen LogP contribution in [0.15, 0.2) is 48.8 Å². The van der Waals surface area contributed by atoms with Crippen LogP contribution in [0.3, 0.4) is 0 Å². The molecule has 0 spiro atoms. The third-order valence-electron chi connectivity index (χ3n) is 9.88. The van der Waals surface area contributed by atoms with Gasteiger partial charge in [0, 0.05) is 25.3 Å². The summed E-state index contributed by atoms with van der Waals surface area (Å²) in [6.45, 7) is 3.81. The Labute approximate surface area is 333 Å². The average molecular weight is 800 g/mol. The summed E-state index contributed by atoms with van der Waals surface area (Å²) in [5.74, 6) is -0.789. The summed E-state index contributed by atoms with van der Waals surface area (Å²) < 4.78 is 33.1. The molecule has 12 heteroatoms. The van der Waals surface area contributed by atoms with Gasteiger partial charge in [-0.3, -0.25) is 13.8 Å². The highest BCUT2D eigenvalue weighted by molar-refractivity contribution is 7.47. The van der Waals surface area contributed by atoms with E-state index in [9.17, 15) is 29.6 Å². The van der Waals surface area contributed by atoms with Crippen LogP contribution in [0.5, 0.6) is 0 Å². The molecule has 0 aromatic carbocycles. The lowest BCUT2D eigenvalue weighted by Crippen LogP contribution is -2.25. The van der Waals surface area contributed by atoms with Crippen molar-refractivity contribution >= 4 is 13.8 Å². The molecular weight excluding hydrogens is 721 g/mol. The van der Waals surface area contributed by atoms with Crippen LogP contribution in [0.4, 0.5) is 0 Å². The third kappa shape index (κ3) is 28.3. The minimum atomic E-state index is -4.33. The first-order valence-electron chi connectivity index (χ1n) is 21.4. The molecule has 1 aliphatic carbocycles. The van der Waals surface area contributed by atoms with Crippen LogP contribution in [0.2, 0.25) is 0 Å². The highest BCUT2D eigenvalue weighted by Gasteiger charge is 2.39. The van der Waals surface area contributed by atoms with Crippen molar-refractivity contribution in [3.8, 4) is 0 Å². The van der Waals surface area contributed by atoms with Crippen molar-refractivity contribution in [2.45, 2.75) is 180 Å². The lowest BCUT2D eigenvalue weighted by molar-refractivity contribution is -0.147. The fourth-order valence-corrected chi connectivity index (χ4v) is 7.32. The fourth-order valence-electron chi connectivity index (χ4n) is 6.56. The van der Waals surface area contributed by atoms with Crippen molar-refractivity contribution in [3.05, 3.63) is 48.8 Å². The van der Waals surface area contributed by atoms with Crippen molar-refractivity contribution in [1.82, 2.24) is 0 Å². The molecule has 1 fully saturated rings. The predicted molar refractivity (Wildman–Crippen MR) is 221 cm³/mol. The van der Waals surface area contributed by atoms with Gasteiger partial charge in [0.2, 0.25) is 0 Å². The predicted octanol–water partition coefficient (Wildman–Crippen LogP) is 9.14. The summed E-state index contributed by atoms with van der Waals surface area (Å²) in [5.41, 5.74) is 5.36. The number of rotatable bonds is 36. The molecule has 0 heterocycles. The Morgan fingerprint density at radius 2 is 1.38 bits per heavy atom. The van der Waals surface area contributed by atoms with E-state index in [-0.39, 0.29) is 44.6 Å². The van der Waals surface area contributed by atoms with Crippen LogP contribution in [-0.2, 0) is 27.9 Å². The molecule has 55 heavy (non-hydrogen) atoms. The molecule has 11 nitrogen and oxygen atoms in total. The largest absolute Gasteiger partial charge is 0.492 e. The summed E-state index contributed by atoms with van der Waals surface area (Å²) >= 11 is 0. The van der Waals surface area contributed by atoms with Gasteiger partial charge in [0.1, 0.15) is 6.61 Å². The van der Waals surface area contributed by atoms with E-state index in [1.807, 2.05) is 24.3 Å². The van der Waals surface area contributed by atoms with Crippen LogP contribution in [-0.4, -0.2) is 77.0 Å². The molecular formula is C43H78NO10P. The second kappa shape index (κ2) is 34.2. The maximum absolute atomic E-state index is 12.5. The molecule has 1 rings (SSSR count). The third-order valence-corrected chi connectivity index (χ3v) is 10.9. The summed E-state index contributed by atoms with van der Waals surface area (Å²) in [5, 5.41) is 31.3. The minimum Gasteiger partial charge on any atom is -0.492 e. The Morgan fingerprint density at radius 3 is 2.05 bits per heavy atom. The number of unbranched alkanes of at least 4 members (excludes halogenated alkanes) is 14. The molecule has 1 saturated carbocycles. The molecule has 0 aromatic heterocycles. The molecule has 6 N–H and O–H groups in total. The van der Waals surface area contributed by atoms with Gasteiger partial charge in [-0.1, -0.05) is 115 Å². The van der Waals surface area contributed by atoms with E-state index in [0.717, 1.165) is 38.5 Å². The van der Waals surface area contributed by atoms with Crippen LogP contribution in [0, 0.1) is 11.8 Å². The second-order valence-corrected chi connectivity index (χ2v) is 16.3. The highest BCUT2D eigenvalue weighted by atomic mass is 31.2. The van der Waals surface area contributed by atoms with Crippen molar-refractivity contribution in [1.29, 1.82) is 0 Å². The smallest absolute Gasteiger partial charge is 0.472 e. The number of phosphoric acid groups is 1. The van der Waals surface area contributed by atoms with Gasteiger partial charge < -0.3 is 35.4 Å². The number of nitrogens with two attached hydrogens (primary N) is 1. The zero-order valence-electron chi connectivity index (χ0n) is 34.2. The molecule has 1 aliphatic rings. The van der Waals surface area contributed by atoms with Gasteiger partial charge in [0.05, 0.1) is 37.8 Å². The van der Waals surface area contributed by atoms with E-state index in [0.29, 0.717) is 32.1 Å². The summed E-state index contributed by atoms with van der Waals surface area (Å²) in [4.78, 5) is 22.4. The Kier molecular flexibility index (Phi) is 31.9. The number of allylic oxidation sites excluding steroid dienone is 5. The van der Waals surface area contributed by atoms with Gasteiger partial charge in [-0.25, -0.2) is 4.57 Å². The van der Waals surface area contributed by atoms with Crippen LogP contribution in [0.1, 0.15) is 155 Å². The molecule has 0 aromatic rings. The quantitative estimate of drug-likeness (QED) is 0.0134. The Bertz CT molecular complexity index is 1100. The number of esters is 1. The zero-order valence-corrected chi connectivity index (χ0v) is 35.1. The number of carbonyl (C=O) groups is 1. The molecule has 7 atom stereocenters. The Hall–Kier alpha value is -1.82. The lowest BCUT2D eigenvalue weighted by atomic mass is 9.89. The van der Waals surface area contributed by atoms with E-state index < -0.39 is 38.2 Å². The number of carbonyl (C=O) groups excluding carboxylic acids is 1. The second-order valence-electron chi connectivity index (χ2n) is 14.9. The van der Waals surface area contributed by atoms with E-state index in [2.05, 4.69) is 26.0 Å². The maximum Gasteiger partial charge on any atom is 0.472 e. The van der Waals surface area contributed by atoms with Gasteiger partial charge in [-0.05, 0) is 76.2 Å². The average Bonchev–Trinajstić information content (AvgIpc) is 3.43. The summed E-state index contributed by atoms with van der Waals surface area (Å²) in [7, 11) is -4.33. The monoisotopic (exact) mass is 800 g/mol. The first-order chi connectivity index (χ1) is 26.6. The Balaban J connectivity index is 2.39. The molecule has 0 amide bonds. The number of hydrogen-bond acceptors (Lipinski definition) is 10. The first kappa shape index (κ1) is 51.2.